The Bertz CT molecular complexity index is 739. The molecular weight excluding hydrogens is 238 g/mol. The van der Waals surface area contributed by atoms with Gasteiger partial charge in [0, 0.05) is 6.20 Å². The van der Waals surface area contributed by atoms with Gasteiger partial charge in [0.15, 0.2) is 11.6 Å². The van der Waals surface area contributed by atoms with Crippen LogP contribution in [0.1, 0.15) is 5.56 Å². The van der Waals surface area contributed by atoms with Crippen molar-refractivity contribution in [3.8, 4) is 0 Å². The van der Waals surface area contributed by atoms with Gasteiger partial charge in [-0.25, -0.2) is 9.97 Å². The smallest absolute Gasteiger partial charge is 0.174 e. The zero-order chi connectivity index (χ0) is 13.2. The maximum Gasteiger partial charge on any atom is 0.174 e. The molecule has 94 valence electrons. The molecule has 5 heteroatoms. The Morgan fingerprint density at radius 3 is 2.53 bits per heavy atom. The molecule has 0 aliphatic rings. The molecule has 5 nitrogen and oxygen atoms in total. The number of aryl methyl sites for hydroxylation is 1. The van der Waals surface area contributed by atoms with Crippen molar-refractivity contribution in [2.45, 2.75) is 6.92 Å². The molecule has 3 rings (SSSR count). The van der Waals surface area contributed by atoms with Gasteiger partial charge in [-0.1, -0.05) is 12.1 Å². The van der Waals surface area contributed by atoms with Crippen LogP contribution in [0.4, 0.5) is 17.3 Å². The highest BCUT2D eigenvalue weighted by molar-refractivity contribution is 5.81. The van der Waals surface area contributed by atoms with E-state index >= 15 is 0 Å². The zero-order valence-corrected chi connectivity index (χ0v) is 10.5. The molecule has 1 aromatic carbocycles. The molecule has 3 aromatic rings. The van der Waals surface area contributed by atoms with Gasteiger partial charge in [-0.2, -0.15) is 0 Å². The van der Waals surface area contributed by atoms with Gasteiger partial charge in [0.25, 0.3) is 0 Å². The summed E-state index contributed by atoms with van der Waals surface area (Å²) in [7, 11) is 0. The minimum Gasteiger partial charge on any atom is -0.381 e. The number of benzene rings is 1. The van der Waals surface area contributed by atoms with E-state index in [2.05, 4.69) is 20.3 Å². The predicted molar refractivity (Wildman–Crippen MR) is 76.2 cm³/mol. The Morgan fingerprint density at radius 2 is 1.79 bits per heavy atom. The van der Waals surface area contributed by atoms with Crippen LogP contribution < -0.4 is 11.1 Å². The SMILES string of the molecule is Cc1ccncc1Nc1nc2ccccc2nc1N. The fourth-order valence-electron chi connectivity index (χ4n) is 1.83. The van der Waals surface area contributed by atoms with Crippen molar-refractivity contribution in [3.05, 3.63) is 48.3 Å². The topological polar surface area (TPSA) is 76.7 Å². The fourth-order valence-corrected chi connectivity index (χ4v) is 1.83. The van der Waals surface area contributed by atoms with Gasteiger partial charge < -0.3 is 11.1 Å². The van der Waals surface area contributed by atoms with Crippen LogP contribution in [0.3, 0.4) is 0 Å². The third-order valence-corrected chi connectivity index (χ3v) is 2.89. The molecule has 0 aliphatic carbocycles. The number of hydrogen-bond donors (Lipinski definition) is 2. The first-order valence-corrected chi connectivity index (χ1v) is 5.94. The van der Waals surface area contributed by atoms with E-state index in [0.717, 1.165) is 22.3 Å². The number of fused-ring (bicyclic) bond motifs is 1. The van der Waals surface area contributed by atoms with E-state index < -0.39 is 0 Å². The van der Waals surface area contributed by atoms with Gasteiger partial charge in [-0.05, 0) is 30.7 Å². The summed E-state index contributed by atoms with van der Waals surface area (Å²) in [5.74, 6) is 0.928. The average Bonchev–Trinajstić information content (AvgIpc) is 2.42. The van der Waals surface area contributed by atoms with Gasteiger partial charge in [-0.3, -0.25) is 4.98 Å². The van der Waals surface area contributed by atoms with Crippen LogP contribution >= 0.6 is 0 Å². The van der Waals surface area contributed by atoms with Crippen LogP contribution in [0, 0.1) is 6.92 Å². The van der Waals surface area contributed by atoms with Crippen LogP contribution in [0.15, 0.2) is 42.7 Å². The van der Waals surface area contributed by atoms with Crippen LogP contribution in [-0.2, 0) is 0 Å². The number of nitrogens with two attached hydrogens (primary N) is 1. The number of nitrogens with one attached hydrogen (secondary N) is 1. The second-order valence-electron chi connectivity index (χ2n) is 4.26. The number of nitrogen functional groups attached to an aromatic ring is 1. The maximum atomic E-state index is 5.93. The summed E-state index contributed by atoms with van der Waals surface area (Å²) in [5, 5.41) is 3.17. The molecule has 0 fully saturated rings. The monoisotopic (exact) mass is 251 g/mol. The van der Waals surface area contributed by atoms with E-state index in [1.807, 2.05) is 37.3 Å². The Balaban J connectivity index is 2.06. The molecule has 0 amide bonds. The number of anilines is 3. The van der Waals surface area contributed by atoms with Gasteiger partial charge in [-0.15, -0.1) is 0 Å². The molecule has 0 unspecified atom stereocenters. The minimum atomic E-state index is 0.377. The minimum absolute atomic E-state index is 0.377. The van der Waals surface area contributed by atoms with Crippen molar-refractivity contribution >= 4 is 28.4 Å². The number of rotatable bonds is 2. The standard InChI is InChI=1S/C14H13N5/c1-9-6-7-16-8-12(9)19-14-13(15)17-10-4-2-3-5-11(10)18-14/h2-8H,1H3,(H2,15,17)(H,18,19). The lowest BCUT2D eigenvalue weighted by molar-refractivity contribution is 1.24. The summed E-state index contributed by atoms with van der Waals surface area (Å²) in [6.07, 6.45) is 3.49. The van der Waals surface area contributed by atoms with Gasteiger partial charge in [0.1, 0.15) is 0 Å². The molecule has 0 saturated carbocycles. The number of aromatic nitrogens is 3. The summed E-state index contributed by atoms with van der Waals surface area (Å²) in [6, 6.07) is 9.55. The van der Waals surface area contributed by atoms with Crippen molar-refractivity contribution < 1.29 is 0 Å². The van der Waals surface area contributed by atoms with Crippen LogP contribution in [0.2, 0.25) is 0 Å². The highest BCUT2D eigenvalue weighted by Crippen LogP contribution is 2.23. The average molecular weight is 251 g/mol. The molecule has 2 aromatic heterocycles. The van der Waals surface area contributed by atoms with Crippen molar-refractivity contribution in [3.63, 3.8) is 0 Å². The zero-order valence-electron chi connectivity index (χ0n) is 10.5. The number of para-hydroxylation sites is 2. The molecule has 0 radical (unpaired) electrons. The first-order chi connectivity index (χ1) is 9.24. The summed E-state index contributed by atoms with van der Waals surface area (Å²) < 4.78 is 0. The largest absolute Gasteiger partial charge is 0.381 e. The normalized spacial score (nSPS) is 10.6. The molecule has 0 spiro atoms. The summed E-state index contributed by atoms with van der Waals surface area (Å²) in [4.78, 5) is 12.9. The maximum absolute atomic E-state index is 5.93. The van der Waals surface area contributed by atoms with Gasteiger partial charge >= 0.3 is 0 Å². The Hall–Kier alpha value is -2.69. The van der Waals surface area contributed by atoms with E-state index in [1.165, 1.54) is 0 Å². The molecule has 0 saturated heterocycles. The summed E-state index contributed by atoms with van der Waals surface area (Å²) in [5.41, 5.74) is 9.47. The predicted octanol–water partition coefficient (Wildman–Crippen LogP) is 2.66. The number of pyridine rings is 1. The fraction of sp³-hybridized carbons (Fsp3) is 0.0714. The lowest BCUT2D eigenvalue weighted by Gasteiger charge is -2.10. The Labute approximate surface area is 110 Å². The lowest BCUT2D eigenvalue weighted by atomic mass is 10.2. The van der Waals surface area contributed by atoms with E-state index in [9.17, 15) is 0 Å². The summed E-state index contributed by atoms with van der Waals surface area (Å²) >= 11 is 0. The third-order valence-electron chi connectivity index (χ3n) is 2.89. The van der Waals surface area contributed by atoms with Crippen LogP contribution in [0.5, 0.6) is 0 Å². The van der Waals surface area contributed by atoms with Crippen LogP contribution in [0.25, 0.3) is 11.0 Å². The molecule has 0 atom stereocenters. The molecule has 3 N–H and O–H groups in total. The van der Waals surface area contributed by atoms with Crippen molar-refractivity contribution in [1.82, 2.24) is 15.0 Å². The van der Waals surface area contributed by atoms with E-state index in [4.69, 9.17) is 5.73 Å². The molecule has 2 heterocycles. The lowest BCUT2D eigenvalue weighted by Crippen LogP contribution is -2.03. The molecule has 0 bridgehead atoms. The van der Waals surface area contributed by atoms with Crippen molar-refractivity contribution in [1.29, 1.82) is 0 Å². The first-order valence-electron chi connectivity index (χ1n) is 5.94. The highest BCUT2D eigenvalue weighted by Gasteiger charge is 2.07. The van der Waals surface area contributed by atoms with E-state index in [0.29, 0.717) is 11.6 Å². The molecular formula is C14H13N5. The van der Waals surface area contributed by atoms with Crippen molar-refractivity contribution in [2.75, 3.05) is 11.1 Å². The second kappa shape index (κ2) is 4.53. The molecule has 19 heavy (non-hydrogen) atoms. The van der Waals surface area contributed by atoms with Gasteiger partial charge in [0.05, 0.1) is 22.9 Å². The highest BCUT2D eigenvalue weighted by atomic mass is 15.1. The van der Waals surface area contributed by atoms with Crippen LogP contribution in [-0.4, -0.2) is 15.0 Å². The Kier molecular flexibility index (Phi) is 2.72. The Morgan fingerprint density at radius 1 is 1.05 bits per heavy atom. The first kappa shape index (κ1) is 11.4. The van der Waals surface area contributed by atoms with E-state index in [-0.39, 0.29) is 0 Å². The number of nitrogens with zero attached hydrogens (tertiary/aromatic N) is 3. The summed E-state index contributed by atoms with van der Waals surface area (Å²) in [6.45, 7) is 1.99. The number of hydrogen-bond acceptors (Lipinski definition) is 5. The molecule has 0 aliphatic heterocycles. The second-order valence-corrected chi connectivity index (χ2v) is 4.26. The third kappa shape index (κ3) is 2.18. The van der Waals surface area contributed by atoms with E-state index in [1.54, 1.807) is 12.4 Å². The quantitative estimate of drug-likeness (QED) is 0.732. The van der Waals surface area contributed by atoms with Gasteiger partial charge in [0.2, 0.25) is 0 Å². The van der Waals surface area contributed by atoms with Crippen molar-refractivity contribution in [2.24, 2.45) is 0 Å².